The van der Waals surface area contributed by atoms with Crippen LogP contribution >= 0.6 is 0 Å². The van der Waals surface area contributed by atoms with Gasteiger partial charge in [0.05, 0.1) is 14.2 Å². The van der Waals surface area contributed by atoms with E-state index in [1.165, 1.54) is 14.2 Å². The normalized spacial score (nSPS) is 10.3. The minimum atomic E-state index is -0.665. The van der Waals surface area contributed by atoms with E-state index in [1.807, 2.05) is 0 Å². The summed E-state index contributed by atoms with van der Waals surface area (Å²) in [5.41, 5.74) is -0.0603. The summed E-state index contributed by atoms with van der Waals surface area (Å²) in [7, 11) is 3.00. The first-order chi connectivity index (χ1) is 13.0. The number of benzene rings is 2. The third-order valence-corrected chi connectivity index (χ3v) is 3.79. The number of nitrogens with zero attached hydrogens (tertiary/aromatic N) is 2. The number of carbonyl (C=O) groups is 1. The summed E-state index contributed by atoms with van der Waals surface area (Å²) in [5, 5.41) is 16.7. The van der Waals surface area contributed by atoms with Crippen LogP contribution < -0.4 is 20.3 Å². The van der Waals surface area contributed by atoms with Crippen LogP contribution in [-0.2, 0) is 0 Å². The van der Waals surface area contributed by atoms with Gasteiger partial charge in [-0.1, -0.05) is 12.1 Å². The highest BCUT2D eigenvalue weighted by Gasteiger charge is 2.18. The highest BCUT2D eigenvalue weighted by molar-refractivity contribution is 6.04. The van der Waals surface area contributed by atoms with Gasteiger partial charge in [-0.15, -0.1) is 0 Å². The van der Waals surface area contributed by atoms with E-state index in [0.29, 0.717) is 22.9 Å². The number of rotatable bonds is 5. The lowest BCUT2D eigenvalue weighted by molar-refractivity contribution is 0.101. The van der Waals surface area contributed by atoms with Crippen molar-refractivity contribution in [2.24, 2.45) is 0 Å². The minimum Gasteiger partial charge on any atom is -0.505 e. The molecule has 0 atom stereocenters. The van der Waals surface area contributed by atoms with E-state index in [4.69, 9.17) is 9.47 Å². The van der Waals surface area contributed by atoms with Crippen LogP contribution in [0.2, 0.25) is 0 Å². The molecule has 8 heteroatoms. The van der Waals surface area contributed by atoms with Crippen LogP contribution in [0.5, 0.6) is 17.2 Å². The van der Waals surface area contributed by atoms with Crippen LogP contribution in [0.25, 0.3) is 5.69 Å². The summed E-state index contributed by atoms with van der Waals surface area (Å²) >= 11 is 0. The van der Waals surface area contributed by atoms with Gasteiger partial charge in [-0.05, 0) is 36.4 Å². The number of hydrogen-bond donors (Lipinski definition) is 2. The van der Waals surface area contributed by atoms with Gasteiger partial charge in [0.25, 0.3) is 11.5 Å². The maximum Gasteiger partial charge on any atom is 0.279 e. The van der Waals surface area contributed by atoms with Gasteiger partial charge < -0.3 is 19.9 Å². The highest BCUT2D eigenvalue weighted by Crippen LogP contribution is 2.22. The number of hydrogen-bond acceptors (Lipinski definition) is 6. The molecule has 0 saturated heterocycles. The summed E-state index contributed by atoms with van der Waals surface area (Å²) < 4.78 is 11.3. The number of ether oxygens (including phenoxy) is 2. The predicted octanol–water partition coefficient (Wildman–Crippen LogP) is 2.21. The van der Waals surface area contributed by atoms with Crippen LogP contribution in [0.15, 0.2) is 59.4 Å². The van der Waals surface area contributed by atoms with Gasteiger partial charge in [-0.3, -0.25) is 9.59 Å². The standard InChI is InChI=1S/C19H17N3O5/c1-26-13-9-7-12(8-10-13)20-19(25)18-15(23)11-17(24)22(21-18)14-5-3-4-6-16(14)27-2/h3-11,23H,1-2H3,(H,20,25). The first kappa shape index (κ1) is 18.0. The second-order valence-corrected chi connectivity index (χ2v) is 5.48. The van der Waals surface area contributed by atoms with E-state index in [1.54, 1.807) is 48.5 Å². The van der Waals surface area contributed by atoms with Crippen LogP contribution in [-0.4, -0.2) is 35.0 Å². The van der Waals surface area contributed by atoms with Crippen molar-refractivity contribution in [3.8, 4) is 22.9 Å². The second kappa shape index (κ2) is 7.61. The average molecular weight is 367 g/mol. The van der Waals surface area contributed by atoms with Crippen molar-refractivity contribution in [2.75, 3.05) is 19.5 Å². The van der Waals surface area contributed by atoms with E-state index < -0.39 is 17.2 Å². The van der Waals surface area contributed by atoms with E-state index in [0.717, 1.165) is 10.7 Å². The highest BCUT2D eigenvalue weighted by atomic mass is 16.5. The molecule has 27 heavy (non-hydrogen) atoms. The lowest BCUT2D eigenvalue weighted by Crippen LogP contribution is -2.25. The Kier molecular flexibility index (Phi) is 5.07. The number of amides is 1. The lowest BCUT2D eigenvalue weighted by atomic mass is 10.2. The zero-order valence-corrected chi connectivity index (χ0v) is 14.7. The third-order valence-electron chi connectivity index (χ3n) is 3.79. The summed E-state index contributed by atoms with van der Waals surface area (Å²) in [4.78, 5) is 24.8. The third kappa shape index (κ3) is 3.74. The largest absolute Gasteiger partial charge is 0.505 e. The fraction of sp³-hybridized carbons (Fsp3) is 0.105. The minimum absolute atomic E-state index is 0.295. The average Bonchev–Trinajstić information content (AvgIpc) is 2.68. The molecule has 3 rings (SSSR count). The molecule has 2 aromatic carbocycles. The van der Waals surface area contributed by atoms with Gasteiger partial charge in [-0.2, -0.15) is 9.78 Å². The molecular weight excluding hydrogens is 350 g/mol. The van der Waals surface area contributed by atoms with Crippen molar-refractivity contribution in [1.82, 2.24) is 9.78 Å². The summed E-state index contributed by atoms with van der Waals surface area (Å²) in [6.45, 7) is 0. The zero-order chi connectivity index (χ0) is 19.4. The van der Waals surface area contributed by atoms with Crippen LogP contribution in [0, 0.1) is 0 Å². The van der Waals surface area contributed by atoms with Gasteiger partial charge in [0, 0.05) is 11.8 Å². The molecule has 2 N–H and O–H groups in total. The smallest absolute Gasteiger partial charge is 0.279 e. The quantitative estimate of drug-likeness (QED) is 0.717. The predicted molar refractivity (Wildman–Crippen MR) is 99.0 cm³/mol. The van der Waals surface area contributed by atoms with Gasteiger partial charge >= 0.3 is 0 Å². The Morgan fingerprint density at radius 3 is 2.44 bits per heavy atom. The SMILES string of the molecule is COc1ccc(NC(=O)c2nn(-c3ccccc3OC)c(=O)cc2O)cc1. The number of aromatic nitrogens is 2. The molecule has 0 radical (unpaired) electrons. The molecular formula is C19H17N3O5. The van der Waals surface area contributed by atoms with Crippen LogP contribution in [0.3, 0.4) is 0 Å². The van der Waals surface area contributed by atoms with Crippen molar-refractivity contribution in [3.63, 3.8) is 0 Å². The number of carbonyl (C=O) groups excluding carboxylic acids is 1. The maximum absolute atomic E-state index is 12.5. The van der Waals surface area contributed by atoms with Crippen molar-refractivity contribution >= 4 is 11.6 Å². The summed E-state index contributed by atoms with van der Waals surface area (Å²) in [6, 6.07) is 14.3. The molecule has 0 saturated carbocycles. The number of aromatic hydroxyl groups is 1. The van der Waals surface area contributed by atoms with E-state index in [9.17, 15) is 14.7 Å². The van der Waals surface area contributed by atoms with E-state index in [2.05, 4.69) is 10.4 Å². The Labute approximate surface area is 154 Å². The molecule has 0 aliphatic carbocycles. The van der Waals surface area contributed by atoms with Crippen LogP contribution in [0.1, 0.15) is 10.5 Å². The number of anilines is 1. The molecule has 8 nitrogen and oxygen atoms in total. The molecule has 0 spiro atoms. The van der Waals surface area contributed by atoms with Crippen molar-refractivity contribution in [1.29, 1.82) is 0 Å². The van der Waals surface area contributed by atoms with E-state index >= 15 is 0 Å². The molecule has 0 fully saturated rings. The Bertz CT molecular complexity index is 1030. The number of para-hydroxylation sites is 2. The molecule has 3 aromatic rings. The van der Waals surface area contributed by atoms with E-state index in [-0.39, 0.29) is 5.69 Å². The van der Waals surface area contributed by atoms with Crippen LogP contribution in [0.4, 0.5) is 5.69 Å². The van der Waals surface area contributed by atoms with Crippen molar-refractivity contribution < 1.29 is 19.4 Å². The zero-order valence-electron chi connectivity index (χ0n) is 14.7. The summed E-state index contributed by atoms with van der Waals surface area (Å²) in [5.74, 6) is -0.142. The lowest BCUT2D eigenvalue weighted by Gasteiger charge is -2.12. The molecule has 0 aliphatic rings. The van der Waals surface area contributed by atoms with Crippen molar-refractivity contribution in [3.05, 3.63) is 70.6 Å². The fourth-order valence-electron chi connectivity index (χ4n) is 2.45. The molecule has 1 amide bonds. The molecule has 138 valence electrons. The molecule has 0 bridgehead atoms. The monoisotopic (exact) mass is 367 g/mol. The number of nitrogens with one attached hydrogen (secondary N) is 1. The first-order valence-electron chi connectivity index (χ1n) is 7.95. The fourth-order valence-corrected chi connectivity index (χ4v) is 2.45. The van der Waals surface area contributed by atoms with Gasteiger partial charge in [0.1, 0.15) is 17.2 Å². The Balaban J connectivity index is 1.98. The Morgan fingerprint density at radius 2 is 1.78 bits per heavy atom. The van der Waals surface area contributed by atoms with Gasteiger partial charge in [-0.25, -0.2) is 0 Å². The van der Waals surface area contributed by atoms with Crippen molar-refractivity contribution in [2.45, 2.75) is 0 Å². The van der Waals surface area contributed by atoms with Gasteiger partial charge in [0.15, 0.2) is 11.4 Å². The Morgan fingerprint density at radius 1 is 1.07 bits per heavy atom. The maximum atomic E-state index is 12.5. The summed E-state index contributed by atoms with van der Waals surface area (Å²) in [6.07, 6.45) is 0. The second-order valence-electron chi connectivity index (χ2n) is 5.48. The Hall–Kier alpha value is -3.81. The molecule has 1 aromatic heterocycles. The van der Waals surface area contributed by atoms with Gasteiger partial charge in [0.2, 0.25) is 0 Å². The molecule has 1 heterocycles. The molecule has 0 unspecified atom stereocenters. The number of methoxy groups -OCH3 is 2. The molecule has 0 aliphatic heterocycles. The topological polar surface area (TPSA) is 103 Å². The first-order valence-corrected chi connectivity index (χ1v) is 7.95.